The van der Waals surface area contributed by atoms with Crippen LogP contribution in [0.2, 0.25) is 18.1 Å². The molecule has 1 aromatic carbocycles. The molecular weight excluding hydrogens is 644 g/mol. The molecule has 2 heterocycles. The molecule has 0 radical (unpaired) electrons. The van der Waals surface area contributed by atoms with Crippen LogP contribution in [0.15, 0.2) is 41.6 Å². The third-order valence-corrected chi connectivity index (χ3v) is 13.4. The van der Waals surface area contributed by atoms with Crippen LogP contribution in [0.25, 0.3) is 0 Å². The van der Waals surface area contributed by atoms with E-state index in [1.165, 1.54) is 0 Å². The Labute approximate surface area is 294 Å². The van der Waals surface area contributed by atoms with Gasteiger partial charge in [0.15, 0.2) is 28.5 Å². The van der Waals surface area contributed by atoms with Crippen LogP contribution in [0.5, 0.6) is 11.5 Å². The van der Waals surface area contributed by atoms with Crippen LogP contribution in [0, 0.1) is 0 Å². The maximum absolute atomic E-state index is 13.9. The van der Waals surface area contributed by atoms with E-state index in [0.717, 1.165) is 32.4 Å². The summed E-state index contributed by atoms with van der Waals surface area (Å²) in [4.78, 5) is 34.2. The van der Waals surface area contributed by atoms with Crippen LogP contribution < -0.4 is 9.47 Å². The zero-order chi connectivity index (χ0) is 35.9. The number of ether oxygens (including phenoxy) is 5. The standard InChI is InChI=1S/C37H58N2O9Si/c1-9-42-26-44-32-23-29-22-30(38-46-25-34(40)39-20-12-11-13-21-39)17-15-19-31(48-49(7,8)37(4,5)6)18-14-16-28(3)47-36(41)35(29)33(24-32)45-27-43-10-2/h14-15,17-18,23-24,28,31H,9-13,16,19-22,25-27H2,1-8H3/t28-,31-/m1/s1. The molecule has 2 aliphatic heterocycles. The van der Waals surface area contributed by atoms with E-state index < -0.39 is 20.4 Å². The summed E-state index contributed by atoms with van der Waals surface area (Å²) >= 11 is 0. The molecule has 0 N–H and O–H groups in total. The molecule has 49 heavy (non-hydrogen) atoms. The van der Waals surface area contributed by atoms with Gasteiger partial charge in [-0.3, -0.25) is 4.79 Å². The maximum Gasteiger partial charge on any atom is 0.342 e. The Morgan fingerprint density at radius 1 is 1.00 bits per heavy atom. The minimum atomic E-state index is -2.10. The lowest BCUT2D eigenvalue weighted by atomic mass is 9.99. The van der Waals surface area contributed by atoms with Crippen molar-refractivity contribution < 1.29 is 42.5 Å². The van der Waals surface area contributed by atoms with E-state index in [-0.39, 0.29) is 55.0 Å². The predicted octanol–water partition coefficient (Wildman–Crippen LogP) is 7.20. The number of rotatable bonds is 13. The second-order valence-corrected chi connectivity index (χ2v) is 18.6. The lowest BCUT2D eigenvalue weighted by molar-refractivity contribution is -0.137. The van der Waals surface area contributed by atoms with Gasteiger partial charge in [-0.15, -0.1) is 0 Å². The molecular formula is C37H58N2O9Si. The number of hydrogen-bond donors (Lipinski definition) is 0. The number of cyclic esters (lactones) is 1. The molecule has 1 saturated heterocycles. The van der Waals surface area contributed by atoms with Crippen LogP contribution in [0.3, 0.4) is 0 Å². The molecule has 2 aliphatic rings. The number of oxime groups is 1. The number of carbonyl (C=O) groups excluding carboxylic acids is 2. The number of piperidine rings is 1. The van der Waals surface area contributed by atoms with Crippen molar-refractivity contribution >= 4 is 25.9 Å². The zero-order valence-corrected chi connectivity index (χ0v) is 31.9. The van der Waals surface area contributed by atoms with Crippen molar-refractivity contribution in [3.8, 4) is 11.5 Å². The molecule has 1 fully saturated rings. The minimum absolute atomic E-state index is 0.0200. The lowest BCUT2D eigenvalue weighted by Gasteiger charge is -2.38. The summed E-state index contributed by atoms with van der Waals surface area (Å²) in [5, 5.41) is 4.45. The first-order chi connectivity index (χ1) is 23.3. The quantitative estimate of drug-likeness (QED) is 0.0526. The Balaban J connectivity index is 2.04. The number of allylic oxidation sites excluding steroid dienone is 1. The van der Waals surface area contributed by atoms with Gasteiger partial charge in [0, 0.05) is 45.2 Å². The number of esters is 1. The van der Waals surface area contributed by atoms with Gasteiger partial charge in [-0.1, -0.05) is 44.2 Å². The van der Waals surface area contributed by atoms with Crippen molar-refractivity contribution in [3.05, 3.63) is 47.6 Å². The lowest BCUT2D eigenvalue weighted by Crippen LogP contribution is -2.43. The van der Waals surface area contributed by atoms with Crippen LogP contribution >= 0.6 is 0 Å². The number of hydrogen-bond acceptors (Lipinski definition) is 10. The average Bonchev–Trinajstić information content (AvgIpc) is 3.04. The summed E-state index contributed by atoms with van der Waals surface area (Å²) < 4.78 is 35.4. The van der Waals surface area contributed by atoms with E-state index in [9.17, 15) is 9.59 Å². The number of nitrogens with zero attached hydrogens (tertiary/aromatic N) is 2. The SMILES string of the molecule is CCOCOc1cc2c(c(OCOCC)c1)C(=O)O[C@H](C)CC=C[C@@H](O[Si](C)(C)C(C)(C)C)CC=CC(=NOCC(=O)N1CCCCC1)C2. The van der Waals surface area contributed by atoms with E-state index in [1.807, 2.05) is 43.9 Å². The number of fused-ring (bicyclic) bond motifs is 1. The largest absolute Gasteiger partial charge is 0.467 e. The summed E-state index contributed by atoms with van der Waals surface area (Å²) in [5.41, 5.74) is 1.29. The van der Waals surface area contributed by atoms with Gasteiger partial charge in [0.25, 0.3) is 5.91 Å². The van der Waals surface area contributed by atoms with Gasteiger partial charge in [0.1, 0.15) is 23.2 Å². The van der Waals surface area contributed by atoms with Crippen LogP contribution in [0.4, 0.5) is 0 Å². The molecule has 3 rings (SSSR count). The number of amides is 1. The van der Waals surface area contributed by atoms with Crippen molar-refractivity contribution in [2.75, 3.05) is 46.5 Å². The molecule has 0 bridgehead atoms. The van der Waals surface area contributed by atoms with Crippen molar-refractivity contribution in [2.45, 2.75) is 110 Å². The highest BCUT2D eigenvalue weighted by Crippen LogP contribution is 2.38. The molecule has 0 aromatic heterocycles. The molecule has 1 aromatic rings. The van der Waals surface area contributed by atoms with Gasteiger partial charge in [-0.05, 0) is 82.3 Å². The fourth-order valence-electron chi connectivity index (χ4n) is 5.09. The smallest absolute Gasteiger partial charge is 0.342 e. The molecule has 11 nitrogen and oxygen atoms in total. The number of benzene rings is 1. The first-order valence-corrected chi connectivity index (χ1v) is 20.5. The van der Waals surface area contributed by atoms with Crippen molar-refractivity contribution in [3.63, 3.8) is 0 Å². The average molecular weight is 703 g/mol. The van der Waals surface area contributed by atoms with E-state index >= 15 is 0 Å². The highest BCUT2D eigenvalue weighted by atomic mass is 28.4. The van der Waals surface area contributed by atoms with Crippen molar-refractivity contribution in [1.82, 2.24) is 4.90 Å². The topological polar surface area (TPSA) is 114 Å². The fourth-order valence-corrected chi connectivity index (χ4v) is 6.37. The summed E-state index contributed by atoms with van der Waals surface area (Å²) in [7, 11) is -2.10. The third-order valence-electron chi connectivity index (χ3n) is 8.88. The fraction of sp³-hybridized carbons (Fsp3) is 0.649. The second kappa shape index (κ2) is 19.9. The molecule has 274 valence electrons. The molecule has 0 spiro atoms. The Hall–Kier alpha value is -3.19. The Bertz CT molecular complexity index is 1300. The van der Waals surface area contributed by atoms with Crippen LogP contribution in [-0.4, -0.2) is 89.5 Å². The molecule has 1 amide bonds. The summed E-state index contributed by atoms with van der Waals surface area (Å²) in [6.07, 6.45) is 11.7. The monoisotopic (exact) mass is 702 g/mol. The van der Waals surface area contributed by atoms with Gasteiger partial charge in [-0.25, -0.2) is 4.79 Å². The van der Waals surface area contributed by atoms with Crippen molar-refractivity contribution in [1.29, 1.82) is 0 Å². The molecule has 0 unspecified atom stereocenters. The first kappa shape index (κ1) is 40.2. The molecule has 0 aliphatic carbocycles. The Morgan fingerprint density at radius 3 is 2.37 bits per heavy atom. The highest BCUT2D eigenvalue weighted by Gasteiger charge is 2.38. The number of carbonyl (C=O) groups is 2. The molecule has 12 heteroatoms. The summed E-state index contributed by atoms with van der Waals surface area (Å²) in [5.74, 6) is 0.0492. The normalized spacial score (nSPS) is 20.4. The van der Waals surface area contributed by atoms with E-state index in [2.05, 4.69) is 45.1 Å². The van der Waals surface area contributed by atoms with Crippen molar-refractivity contribution in [2.24, 2.45) is 5.16 Å². The van der Waals surface area contributed by atoms with E-state index in [4.69, 9.17) is 32.9 Å². The zero-order valence-electron chi connectivity index (χ0n) is 30.9. The predicted molar refractivity (Wildman–Crippen MR) is 193 cm³/mol. The maximum atomic E-state index is 13.9. The highest BCUT2D eigenvalue weighted by molar-refractivity contribution is 6.74. The molecule has 2 atom stereocenters. The number of likely N-dealkylation sites (tertiary alicyclic amines) is 1. The van der Waals surface area contributed by atoms with Gasteiger partial charge < -0.3 is 37.8 Å². The van der Waals surface area contributed by atoms with Gasteiger partial charge in [0.05, 0.1) is 11.8 Å². The summed E-state index contributed by atoms with van der Waals surface area (Å²) in [6, 6.07) is 3.39. The molecule has 0 saturated carbocycles. The first-order valence-electron chi connectivity index (χ1n) is 17.6. The Kier molecular flexibility index (Phi) is 16.3. The Morgan fingerprint density at radius 2 is 1.69 bits per heavy atom. The van der Waals surface area contributed by atoms with Crippen LogP contribution in [-0.2, 0) is 34.7 Å². The van der Waals surface area contributed by atoms with E-state index in [0.29, 0.717) is 43.1 Å². The van der Waals surface area contributed by atoms with E-state index in [1.54, 1.807) is 12.1 Å². The minimum Gasteiger partial charge on any atom is -0.467 e. The second-order valence-electron chi connectivity index (χ2n) is 13.9. The van der Waals surface area contributed by atoms with Gasteiger partial charge in [0.2, 0.25) is 0 Å². The van der Waals surface area contributed by atoms with Gasteiger partial charge >= 0.3 is 5.97 Å². The third kappa shape index (κ3) is 13.2. The van der Waals surface area contributed by atoms with Crippen LogP contribution in [0.1, 0.15) is 89.6 Å². The van der Waals surface area contributed by atoms with Gasteiger partial charge in [-0.2, -0.15) is 0 Å². The summed E-state index contributed by atoms with van der Waals surface area (Å²) in [6.45, 7) is 18.8.